The van der Waals surface area contributed by atoms with Gasteiger partial charge in [-0.3, -0.25) is 0 Å². The van der Waals surface area contributed by atoms with E-state index in [1.807, 2.05) is 0 Å². The minimum Gasteiger partial charge on any atom is -0.0614 e. The Morgan fingerprint density at radius 2 is 1.13 bits per heavy atom. The van der Waals surface area contributed by atoms with Gasteiger partial charge in [0.25, 0.3) is 0 Å². The molecule has 7 rings (SSSR count). The predicted octanol–water partition coefficient (Wildman–Crippen LogP) is 8.61. The van der Waals surface area contributed by atoms with Gasteiger partial charge < -0.3 is 0 Å². The lowest BCUT2D eigenvalue weighted by Gasteiger charge is -2.57. The molecule has 0 aromatic heterocycles. The summed E-state index contributed by atoms with van der Waals surface area (Å²) < 4.78 is 0. The smallest absolute Gasteiger partial charge is 0.00388 e. The molecule has 0 radical (unpaired) electrons. The van der Waals surface area contributed by atoms with E-state index >= 15 is 0 Å². The van der Waals surface area contributed by atoms with Crippen molar-refractivity contribution in [3.8, 4) is 22.3 Å². The summed E-state index contributed by atoms with van der Waals surface area (Å²) in [6.45, 7) is 4.53. The summed E-state index contributed by atoms with van der Waals surface area (Å²) in [6.07, 6.45) is 8.85. The first-order valence-corrected chi connectivity index (χ1v) is 12.4. The predicted molar refractivity (Wildman–Crippen MR) is 131 cm³/mol. The Kier molecular flexibility index (Phi) is 4.60. The average Bonchev–Trinajstić information content (AvgIpc) is 2.78. The molecule has 0 aliphatic heterocycles. The van der Waals surface area contributed by atoms with Crippen LogP contribution >= 0.6 is 0 Å². The maximum absolute atomic E-state index is 2.53. The van der Waals surface area contributed by atoms with Crippen LogP contribution in [0.3, 0.4) is 0 Å². The average molecular weight is 407 g/mol. The van der Waals surface area contributed by atoms with E-state index in [9.17, 15) is 0 Å². The Morgan fingerprint density at radius 3 is 1.68 bits per heavy atom. The quantitative estimate of drug-likeness (QED) is 0.407. The summed E-state index contributed by atoms with van der Waals surface area (Å²) in [5.41, 5.74) is 8.86. The molecule has 0 N–H and O–H groups in total. The van der Waals surface area contributed by atoms with Crippen LogP contribution in [0.5, 0.6) is 0 Å². The highest BCUT2D eigenvalue weighted by atomic mass is 14.6. The third kappa shape index (κ3) is 3.45. The molecule has 0 nitrogen and oxygen atoms in total. The van der Waals surface area contributed by atoms with Crippen LogP contribution in [-0.4, -0.2) is 0 Å². The SMILES string of the molecule is CC(C)c1cccc(-c2ccc(-c3cccc(C45CC6CC(CC(C6)C4)C5)c3)cc2)c1. The Balaban J connectivity index is 1.30. The molecular weight excluding hydrogens is 372 g/mol. The Bertz CT molecular complexity index is 1050. The minimum atomic E-state index is 0.474. The van der Waals surface area contributed by atoms with Gasteiger partial charge in [-0.25, -0.2) is 0 Å². The fraction of sp³-hybridized carbons (Fsp3) is 0.419. The van der Waals surface area contributed by atoms with E-state index in [-0.39, 0.29) is 0 Å². The summed E-state index contributed by atoms with van der Waals surface area (Å²) in [6, 6.07) is 27.8. The molecule has 158 valence electrons. The molecule has 31 heavy (non-hydrogen) atoms. The van der Waals surface area contributed by atoms with Gasteiger partial charge in [-0.1, -0.05) is 86.6 Å². The van der Waals surface area contributed by atoms with Crippen LogP contribution in [0.15, 0.2) is 72.8 Å². The zero-order chi connectivity index (χ0) is 21.0. The van der Waals surface area contributed by atoms with Crippen LogP contribution in [0.4, 0.5) is 0 Å². The molecule has 4 saturated carbocycles. The standard InChI is InChI=1S/C31H34/c1-21(2)27-5-3-6-28(16-27)25-9-11-26(12-10-25)29-7-4-8-30(17-29)31-18-22-13-23(19-31)15-24(14-22)20-31/h3-12,16-17,21-24H,13-15,18-20H2,1-2H3. The van der Waals surface area contributed by atoms with Gasteiger partial charge in [0.05, 0.1) is 0 Å². The molecule has 0 unspecified atom stereocenters. The highest BCUT2D eigenvalue weighted by molar-refractivity contribution is 5.71. The van der Waals surface area contributed by atoms with Gasteiger partial charge in [-0.05, 0) is 101 Å². The van der Waals surface area contributed by atoms with Crippen molar-refractivity contribution in [1.29, 1.82) is 0 Å². The van der Waals surface area contributed by atoms with Crippen molar-refractivity contribution >= 4 is 0 Å². The van der Waals surface area contributed by atoms with E-state index in [1.54, 1.807) is 5.56 Å². The first kappa shape index (κ1) is 19.4. The second-order valence-electron chi connectivity index (χ2n) is 11.1. The van der Waals surface area contributed by atoms with Crippen molar-refractivity contribution in [1.82, 2.24) is 0 Å². The summed E-state index contributed by atoms with van der Waals surface area (Å²) in [7, 11) is 0. The lowest BCUT2D eigenvalue weighted by atomic mass is 9.48. The van der Waals surface area contributed by atoms with Crippen molar-refractivity contribution in [2.75, 3.05) is 0 Å². The van der Waals surface area contributed by atoms with Gasteiger partial charge in [0, 0.05) is 0 Å². The monoisotopic (exact) mass is 406 g/mol. The molecule has 3 aromatic rings. The summed E-state index contributed by atoms with van der Waals surface area (Å²) in [5, 5.41) is 0. The molecule has 0 atom stereocenters. The van der Waals surface area contributed by atoms with E-state index in [0.717, 1.165) is 17.8 Å². The van der Waals surface area contributed by atoms with Gasteiger partial charge >= 0.3 is 0 Å². The molecule has 0 heteroatoms. The topological polar surface area (TPSA) is 0 Å². The third-order valence-corrected chi connectivity index (χ3v) is 8.62. The highest BCUT2D eigenvalue weighted by Gasteiger charge is 2.51. The summed E-state index contributed by atoms with van der Waals surface area (Å²) in [5.74, 6) is 3.55. The molecule has 4 fully saturated rings. The first-order chi connectivity index (χ1) is 15.1. The van der Waals surface area contributed by atoms with E-state index in [4.69, 9.17) is 0 Å². The normalized spacial score (nSPS) is 28.9. The molecule has 0 amide bonds. The van der Waals surface area contributed by atoms with Crippen molar-refractivity contribution in [3.63, 3.8) is 0 Å². The molecule has 0 heterocycles. The highest BCUT2D eigenvalue weighted by Crippen LogP contribution is 2.60. The van der Waals surface area contributed by atoms with Crippen LogP contribution in [-0.2, 0) is 5.41 Å². The summed E-state index contributed by atoms with van der Waals surface area (Å²) in [4.78, 5) is 0. The van der Waals surface area contributed by atoms with Crippen LogP contribution in [0, 0.1) is 17.8 Å². The molecule has 4 aliphatic rings. The lowest BCUT2D eigenvalue weighted by Crippen LogP contribution is -2.48. The minimum absolute atomic E-state index is 0.474. The lowest BCUT2D eigenvalue weighted by molar-refractivity contribution is -0.00516. The molecule has 0 saturated heterocycles. The third-order valence-electron chi connectivity index (χ3n) is 8.62. The number of rotatable bonds is 4. The van der Waals surface area contributed by atoms with Crippen molar-refractivity contribution in [2.24, 2.45) is 17.8 Å². The van der Waals surface area contributed by atoms with Gasteiger partial charge in [-0.2, -0.15) is 0 Å². The zero-order valence-electron chi connectivity index (χ0n) is 19.0. The number of hydrogen-bond acceptors (Lipinski definition) is 0. The summed E-state index contributed by atoms with van der Waals surface area (Å²) >= 11 is 0. The van der Waals surface area contributed by atoms with Gasteiger partial charge in [0.2, 0.25) is 0 Å². The second kappa shape index (κ2) is 7.37. The fourth-order valence-corrected chi connectivity index (χ4v) is 7.43. The van der Waals surface area contributed by atoms with Crippen molar-refractivity contribution in [3.05, 3.63) is 83.9 Å². The fourth-order valence-electron chi connectivity index (χ4n) is 7.43. The Labute approximate surface area is 187 Å². The maximum atomic E-state index is 2.53. The van der Waals surface area contributed by atoms with E-state index in [2.05, 4.69) is 86.6 Å². The molecular formula is C31H34. The van der Waals surface area contributed by atoms with Gasteiger partial charge in [0.15, 0.2) is 0 Å². The van der Waals surface area contributed by atoms with Crippen LogP contribution in [0.2, 0.25) is 0 Å². The van der Waals surface area contributed by atoms with Crippen LogP contribution < -0.4 is 0 Å². The second-order valence-corrected chi connectivity index (χ2v) is 11.1. The van der Waals surface area contributed by atoms with Gasteiger partial charge in [-0.15, -0.1) is 0 Å². The maximum Gasteiger partial charge on any atom is -0.00388 e. The van der Waals surface area contributed by atoms with E-state index in [1.165, 1.54) is 66.3 Å². The van der Waals surface area contributed by atoms with E-state index < -0.39 is 0 Å². The number of benzene rings is 3. The zero-order valence-corrected chi connectivity index (χ0v) is 19.0. The molecule has 3 aromatic carbocycles. The Morgan fingerprint density at radius 1 is 0.613 bits per heavy atom. The van der Waals surface area contributed by atoms with Crippen LogP contribution in [0.1, 0.15) is 69.4 Å². The molecule has 4 bridgehead atoms. The van der Waals surface area contributed by atoms with E-state index in [0.29, 0.717) is 11.3 Å². The Hall–Kier alpha value is -2.34. The van der Waals surface area contributed by atoms with Crippen molar-refractivity contribution < 1.29 is 0 Å². The number of hydrogen-bond donors (Lipinski definition) is 0. The van der Waals surface area contributed by atoms with Gasteiger partial charge in [0.1, 0.15) is 0 Å². The largest absolute Gasteiger partial charge is 0.0614 e. The van der Waals surface area contributed by atoms with Crippen LogP contribution in [0.25, 0.3) is 22.3 Å². The first-order valence-electron chi connectivity index (χ1n) is 12.4. The van der Waals surface area contributed by atoms with Crippen molar-refractivity contribution in [2.45, 2.75) is 63.7 Å². The molecule has 0 spiro atoms. The molecule has 4 aliphatic carbocycles.